The maximum Gasteiger partial charge on any atom is 0.343 e. The summed E-state index contributed by atoms with van der Waals surface area (Å²) in [4.78, 5) is 16.0. The molecule has 0 bridgehead atoms. The van der Waals surface area contributed by atoms with Gasteiger partial charge in [0.2, 0.25) is 11.9 Å². The Morgan fingerprint density at radius 2 is 1.86 bits per heavy atom. The average molecular weight is 289 g/mol. The summed E-state index contributed by atoms with van der Waals surface area (Å²) in [7, 11) is 5.30. The van der Waals surface area contributed by atoms with Gasteiger partial charge in [-0.25, -0.2) is 9.55 Å². The van der Waals surface area contributed by atoms with E-state index < -0.39 is 4.92 Å². The SMILES string of the molecule is CN(C)c1ccc(/[N+]([O-])=C\c2ncc([N+](=O)[O-])n2C)cc1. The van der Waals surface area contributed by atoms with Crippen LogP contribution < -0.4 is 4.90 Å². The Labute approximate surface area is 121 Å². The number of nitro groups is 1. The molecule has 0 amide bonds. The van der Waals surface area contributed by atoms with Gasteiger partial charge in [0.1, 0.15) is 6.20 Å². The second-order valence-corrected chi connectivity index (χ2v) is 4.66. The monoisotopic (exact) mass is 289 g/mol. The van der Waals surface area contributed by atoms with Crippen LogP contribution in [0.5, 0.6) is 0 Å². The predicted octanol–water partition coefficient (Wildman–Crippen LogP) is 1.66. The van der Waals surface area contributed by atoms with E-state index in [2.05, 4.69) is 4.98 Å². The number of hydrogen-bond acceptors (Lipinski definition) is 5. The minimum atomic E-state index is -0.550. The number of nitrogens with zero attached hydrogens (tertiary/aromatic N) is 5. The van der Waals surface area contributed by atoms with Crippen molar-refractivity contribution >= 4 is 23.4 Å². The number of aromatic nitrogens is 2. The van der Waals surface area contributed by atoms with Crippen molar-refractivity contribution in [1.29, 1.82) is 0 Å². The van der Waals surface area contributed by atoms with Crippen LogP contribution in [-0.2, 0) is 7.05 Å². The van der Waals surface area contributed by atoms with Gasteiger partial charge in [-0.15, -0.1) is 0 Å². The van der Waals surface area contributed by atoms with Crippen LogP contribution in [-0.4, -0.2) is 39.5 Å². The number of rotatable bonds is 4. The zero-order valence-electron chi connectivity index (χ0n) is 11.9. The Bertz CT molecular complexity index is 688. The van der Waals surface area contributed by atoms with Crippen LogP contribution in [0.1, 0.15) is 5.82 Å². The molecule has 0 spiro atoms. The third kappa shape index (κ3) is 2.99. The molecule has 1 aromatic heterocycles. The lowest BCUT2D eigenvalue weighted by atomic mass is 10.2. The highest BCUT2D eigenvalue weighted by Gasteiger charge is 2.17. The van der Waals surface area contributed by atoms with Crippen LogP contribution in [0.3, 0.4) is 0 Å². The zero-order chi connectivity index (χ0) is 15.6. The summed E-state index contributed by atoms with van der Waals surface area (Å²) in [5, 5.41) is 22.8. The van der Waals surface area contributed by atoms with Crippen molar-refractivity contribution in [2.45, 2.75) is 0 Å². The van der Waals surface area contributed by atoms with E-state index in [1.165, 1.54) is 17.8 Å². The van der Waals surface area contributed by atoms with Gasteiger partial charge in [0.25, 0.3) is 5.82 Å². The number of hydrogen-bond donors (Lipinski definition) is 0. The molecule has 0 aliphatic rings. The lowest BCUT2D eigenvalue weighted by molar-refractivity contribution is -0.391. The number of anilines is 1. The van der Waals surface area contributed by atoms with Gasteiger partial charge in [-0.3, -0.25) is 0 Å². The fourth-order valence-corrected chi connectivity index (χ4v) is 1.78. The molecular formula is C13H15N5O3. The van der Waals surface area contributed by atoms with Gasteiger partial charge >= 0.3 is 5.82 Å². The first-order valence-corrected chi connectivity index (χ1v) is 6.15. The molecule has 21 heavy (non-hydrogen) atoms. The van der Waals surface area contributed by atoms with Crippen LogP contribution in [0, 0.1) is 15.3 Å². The Kier molecular flexibility index (Phi) is 3.88. The van der Waals surface area contributed by atoms with Gasteiger partial charge in [-0.05, 0) is 17.1 Å². The smallest absolute Gasteiger partial charge is 0.343 e. The van der Waals surface area contributed by atoms with Gasteiger partial charge < -0.3 is 20.2 Å². The minimum Gasteiger partial charge on any atom is -0.618 e. The second-order valence-electron chi connectivity index (χ2n) is 4.66. The molecule has 8 nitrogen and oxygen atoms in total. The highest BCUT2D eigenvalue weighted by molar-refractivity contribution is 5.72. The average Bonchev–Trinajstić information content (AvgIpc) is 2.80. The van der Waals surface area contributed by atoms with E-state index in [0.29, 0.717) is 10.4 Å². The number of imidazole rings is 1. The molecule has 0 unspecified atom stereocenters. The fraction of sp³-hybridized carbons (Fsp3) is 0.231. The van der Waals surface area contributed by atoms with Crippen LogP contribution in [0.15, 0.2) is 30.5 Å². The summed E-state index contributed by atoms with van der Waals surface area (Å²) in [5.41, 5.74) is 1.39. The third-order valence-electron chi connectivity index (χ3n) is 3.04. The highest BCUT2D eigenvalue weighted by Crippen LogP contribution is 2.18. The standard InChI is InChI=1S/C13H15N5O3/c1-15(2)10-4-6-11(7-5-10)17(19)9-12-14-8-13(16(12)3)18(20)21/h4-9H,1-3H3/b17-9+. The van der Waals surface area contributed by atoms with Crippen LogP contribution in [0.25, 0.3) is 0 Å². The summed E-state index contributed by atoms with van der Waals surface area (Å²) in [6.45, 7) is 0. The van der Waals surface area contributed by atoms with Crippen LogP contribution in [0.2, 0.25) is 0 Å². The zero-order valence-corrected chi connectivity index (χ0v) is 11.9. The first-order chi connectivity index (χ1) is 9.90. The molecule has 1 aromatic carbocycles. The predicted molar refractivity (Wildman–Crippen MR) is 79.1 cm³/mol. The van der Waals surface area contributed by atoms with E-state index in [1.54, 1.807) is 12.1 Å². The molecule has 1 heterocycles. The first-order valence-electron chi connectivity index (χ1n) is 6.15. The maximum atomic E-state index is 12.1. The van der Waals surface area contributed by atoms with Gasteiger partial charge in [0.15, 0.2) is 0 Å². The Hall–Kier alpha value is -2.90. The maximum absolute atomic E-state index is 12.1. The van der Waals surface area contributed by atoms with E-state index in [1.807, 2.05) is 31.1 Å². The van der Waals surface area contributed by atoms with Crippen molar-refractivity contribution < 1.29 is 9.66 Å². The summed E-state index contributed by atoms with van der Waals surface area (Å²) in [6, 6.07) is 6.98. The largest absolute Gasteiger partial charge is 0.618 e. The molecule has 0 N–H and O–H groups in total. The van der Waals surface area contributed by atoms with E-state index in [-0.39, 0.29) is 11.6 Å². The molecule has 0 atom stereocenters. The molecule has 0 aliphatic heterocycles. The molecule has 2 rings (SSSR count). The van der Waals surface area contributed by atoms with E-state index in [9.17, 15) is 15.3 Å². The topological polar surface area (TPSA) is 90.3 Å². The minimum absolute atomic E-state index is 0.169. The van der Waals surface area contributed by atoms with Crippen LogP contribution in [0.4, 0.5) is 17.2 Å². The van der Waals surface area contributed by atoms with Crippen molar-refractivity contribution in [2.24, 2.45) is 7.05 Å². The van der Waals surface area contributed by atoms with E-state index in [4.69, 9.17) is 0 Å². The Morgan fingerprint density at radius 3 is 2.33 bits per heavy atom. The van der Waals surface area contributed by atoms with Gasteiger partial charge in [0.05, 0.1) is 7.05 Å². The normalized spacial score (nSPS) is 11.5. The fourth-order valence-electron chi connectivity index (χ4n) is 1.78. The molecule has 0 aliphatic carbocycles. The molecule has 0 saturated carbocycles. The summed E-state index contributed by atoms with van der Waals surface area (Å²) < 4.78 is 1.88. The third-order valence-corrected chi connectivity index (χ3v) is 3.04. The van der Waals surface area contributed by atoms with Crippen molar-refractivity contribution in [2.75, 3.05) is 19.0 Å². The Morgan fingerprint density at radius 1 is 1.24 bits per heavy atom. The van der Waals surface area contributed by atoms with Crippen molar-refractivity contribution in [3.8, 4) is 0 Å². The highest BCUT2D eigenvalue weighted by atomic mass is 16.6. The summed E-state index contributed by atoms with van der Waals surface area (Å²) in [5.74, 6) is 0.0472. The summed E-state index contributed by atoms with van der Waals surface area (Å²) >= 11 is 0. The van der Waals surface area contributed by atoms with E-state index in [0.717, 1.165) is 11.9 Å². The molecule has 0 radical (unpaired) electrons. The van der Waals surface area contributed by atoms with Gasteiger partial charge in [-0.1, -0.05) is 0 Å². The second kappa shape index (κ2) is 5.61. The van der Waals surface area contributed by atoms with Gasteiger partial charge in [-0.2, -0.15) is 4.74 Å². The van der Waals surface area contributed by atoms with Crippen molar-refractivity contribution in [3.63, 3.8) is 0 Å². The lowest BCUT2D eigenvalue weighted by Gasteiger charge is -2.12. The quantitative estimate of drug-likeness (QED) is 0.281. The number of benzene rings is 1. The first kappa shape index (κ1) is 14.5. The molecule has 110 valence electrons. The molecule has 0 saturated heterocycles. The lowest BCUT2D eigenvalue weighted by Crippen LogP contribution is -2.09. The van der Waals surface area contributed by atoms with E-state index >= 15 is 0 Å². The van der Waals surface area contributed by atoms with Crippen molar-refractivity contribution in [1.82, 2.24) is 9.55 Å². The van der Waals surface area contributed by atoms with Crippen LogP contribution >= 0.6 is 0 Å². The molecule has 2 aromatic rings. The molecule has 0 fully saturated rings. The molecular weight excluding hydrogens is 274 g/mol. The summed E-state index contributed by atoms with van der Waals surface area (Å²) in [6.07, 6.45) is 2.33. The van der Waals surface area contributed by atoms with Gasteiger partial charge in [0, 0.05) is 31.9 Å². The molecule has 8 heteroatoms. The van der Waals surface area contributed by atoms with Crippen molar-refractivity contribution in [3.05, 3.63) is 51.6 Å². The Balaban J connectivity index is 2.30.